The molecule has 1 saturated heterocycles. The molecule has 1 aromatic heterocycles. The molecule has 0 bridgehead atoms. The summed E-state index contributed by atoms with van der Waals surface area (Å²) in [5.74, 6) is -0.261. The van der Waals surface area contributed by atoms with E-state index in [-0.39, 0.29) is 23.0 Å². The van der Waals surface area contributed by atoms with Gasteiger partial charge in [0, 0.05) is 31.7 Å². The van der Waals surface area contributed by atoms with E-state index in [9.17, 15) is 14.0 Å². The van der Waals surface area contributed by atoms with Gasteiger partial charge >= 0.3 is 0 Å². The third-order valence-electron chi connectivity index (χ3n) is 5.12. The monoisotopic (exact) mass is 417 g/mol. The Morgan fingerprint density at radius 1 is 1.21 bits per heavy atom. The minimum absolute atomic E-state index is 0.0142. The zero-order valence-electron chi connectivity index (χ0n) is 16.4. The first kappa shape index (κ1) is 19.9. The van der Waals surface area contributed by atoms with Crippen LogP contribution in [0.3, 0.4) is 0 Å². The summed E-state index contributed by atoms with van der Waals surface area (Å²) in [6.45, 7) is 3.32. The minimum atomic E-state index is -0.639. The number of ketones is 1. The second-order valence-corrected chi connectivity index (χ2v) is 8.46. The number of amides is 1. The smallest absolute Gasteiger partial charge is 0.228 e. The van der Waals surface area contributed by atoms with Crippen LogP contribution in [-0.4, -0.2) is 45.3 Å². The number of nitrogens with zero attached hydrogens (tertiary/aromatic N) is 4. The molecule has 2 aromatic rings. The third kappa shape index (κ3) is 4.60. The van der Waals surface area contributed by atoms with E-state index in [0.717, 1.165) is 49.9 Å². The molecule has 0 radical (unpaired) electrons. The quantitative estimate of drug-likeness (QED) is 0.547. The Morgan fingerprint density at radius 3 is 2.62 bits per heavy atom. The molecule has 7 nitrogen and oxygen atoms in total. The lowest BCUT2D eigenvalue weighted by atomic mass is 10.1. The van der Waals surface area contributed by atoms with Crippen molar-refractivity contribution in [2.75, 3.05) is 29.1 Å². The van der Waals surface area contributed by atoms with Crippen molar-refractivity contribution in [3.8, 4) is 0 Å². The normalized spacial score (nSPS) is 16.7. The number of piperidine rings is 1. The molecule has 0 unspecified atom stereocenters. The fourth-order valence-electron chi connectivity index (χ4n) is 3.56. The Balaban J connectivity index is 1.45. The lowest BCUT2D eigenvalue weighted by Crippen LogP contribution is -2.31. The molecule has 1 N–H and O–H groups in total. The molecule has 1 aliphatic carbocycles. The number of carbonyl (C=O) groups excluding carboxylic acids is 2. The van der Waals surface area contributed by atoms with Crippen LogP contribution in [0, 0.1) is 5.82 Å². The van der Waals surface area contributed by atoms with E-state index in [1.807, 2.05) is 0 Å². The van der Waals surface area contributed by atoms with Gasteiger partial charge in [0.15, 0.2) is 10.9 Å². The van der Waals surface area contributed by atoms with E-state index in [0.29, 0.717) is 11.7 Å². The Morgan fingerprint density at radius 2 is 1.97 bits per heavy atom. The van der Waals surface area contributed by atoms with Crippen LogP contribution in [0.25, 0.3) is 0 Å². The van der Waals surface area contributed by atoms with Crippen LogP contribution in [0.1, 0.15) is 55.4 Å². The van der Waals surface area contributed by atoms with Crippen LogP contribution in [-0.2, 0) is 4.79 Å². The third-order valence-corrected chi connectivity index (χ3v) is 6.06. The maximum Gasteiger partial charge on any atom is 0.228 e. The number of carbonyl (C=O) groups is 2. The van der Waals surface area contributed by atoms with Crippen molar-refractivity contribution in [3.63, 3.8) is 0 Å². The molecule has 29 heavy (non-hydrogen) atoms. The van der Waals surface area contributed by atoms with E-state index >= 15 is 0 Å². The molecular formula is C20H24FN5O2S. The first-order valence-electron chi connectivity index (χ1n) is 9.96. The van der Waals surface area contributed by atoms with E-state index in [1.165, 1.54) is 43.3 Å². The SMILES string of the molecule is CC(=O)Nc1ccc(C(=O)CSc2nnc(N3CCCCC3)n2C2CC2)c(F)c1. The average Bonchev–Trinajstić information content (AvgIpc) is 3.45. The number of halogens is 1. The first-order chi connectivity index (χ1) is 14.0. The first-order valence-corrected chi connectivity index (χ1v) is 10.9. The van der Waals surface area contributed by atoms with Crippen molar-refractivity contribution < 1.29 is 14.0 Å². The summed E-state index contributed by atoms with van der Waals surface area (Å²) in [5, 5.41) is 12.0. The zero-order chi connectivity index (χ0) is 20.4. The van der Waals surface area contributed by atoms with Gasteiger partial charge in [-0.2, -0.15) is 0 Å². The fraction of sp³-hybridized carbons (Fsp3) is 0.500. The number of Topliss-reactive ketones (excluding diaryl/α,β-unsaturated/α-hetero) is 1. The van der Waals surface area contributed by atoms with Gasteiger partial charge in [-0.05, 0) is 50.3 Å². The summed E-state index contributed by atoms with van der Waals surface area (Å²) in [4.78, 5) is 25.9. The molecule has 154 valence electrons. The number of aromatic nitrogens is 3. The van der Waals surface area contributed by atoms with Crippen molar-refractivity contribution in [1.29, 1.82) is 0 Å². The summed E-state index contributed by atoms with van der Waals surface area (Å²) in [6, 6.07) is 4.51. The Kier molecular flexibility index (Phi) is 5.84. The number of anilines is 2. The molecule has 0 atom stereocenters. The number of thioether (sulfide) groups is 1. The molecule has 1 aromatic carbocycles. The summed E-state index contributed by atoms with van der Waals surface area (Å²) in [6.07, 6.45) is 5.76. The molecule has 2 aliphatic rings. The highest BCUT2D eigenvalue weighted by atomic mass is 32.2. The summed E-state index contributed by atoms with van der Waals surface area (Å²) in [5.41, 5.74) is 0.346. The molecule has 2 fully saturated rings. The highest BCUT2D eigenvalue weighted by Gasteiger charge is 2.32. The van der Waals surface area contributed by atoms with Gasteiger partial charge in [-0.25, -0.2) is 4.39 Å². The van der Waals surface area contributed by atoms with Gasteiger partial charge in [0.25, 0.3) is 0 Å². The van der Waals surface area contributed by atoms with Crippen LogP contribution < -0.4 is 10.2 Å². The van der Waals surface area contributed by atoms with Crippen LogP contribution >= 0.6 is 11.8 Å². The van der Waals surface area contributed by atoms with Crippen molar-refractivity contribution in [2.45, 2.75) is 50.2 Å². The fourth-order valence-corrected chi connectivity index (χ4v) is 4.44. The van der Waals surface area contributed by atoms with Crippen LogP contribution in [0.2, 0.25) is 0 Å². The standard InChI is InChI=1S/C20H24FN5O2S/c1-13(27)22-14-5-8-16(17(21)11-14)18(28)12-29-20-24-23-19(26(20)15-6-7-15)25-9-3-2-4-10-25/h5,8,11,15H,2-4,6-7,9-10,12H2,1H3,(H,22,27). The van der Waals surface area contributed by atoms with Crippen LogP contribution in [0.4, 0.5) is 16.0 Å². The van der Waals surface area contributed by atoms with Crippen molar-refractivity contribution in [1.82, 2.24) is 14.8 Å². The molecule has 1 aliphatic heterocycles. The second kappa shape index (κ2) is 8.52. The number of rotatable bonds is 7. The Hall–Kier alpha value is -2.42. The number of hydrogen-bond acceptors (Lipinski definition) is 6. The molecule has 1 saturated carbocycles. The topological polar surface area (TPSA) is 80.1 Å². The summed E-state index contributed by atoms with van der Waals surface area (Å²) < 4.78 is 16.5. The maximum atomic E-state index is 14.3. The summed E-state index contributed by atoms with van der Waals surface area (Å²) in [7, 11) is 0. The van der Waals surface area contributed by atoms with E-state index in [4.69, 9.17) is 0 Å². The van der Waals surface area contributed by atoms with Gasteiger partial charge in [-0.3, -0.25) is 14.2 Å². The van der Waals surface area contributed by atoms with Gasteiger partial charge in [0.2, 0.25) is 11.9 Å². The van der Waals surface area contributed by atoms with Gasteiger partial charge in [-0.15, -0.1) is 10.2 Å². The number of nitrogens with one attached hydrogen (secondary N) is 1. The van der Waals surface area contributed by atoms with E-state index in [2.05, 4.69) is 25.0 Å². The molecule has 1 amide bonds. The van der Waals surface area contributed by atoms with Crippen molar-refractivity contribution >= 4 is 35.1 Å². The molecule has 0 spiro atoms. The molecule has 9 heteroatoms. The van der Waals surface area contributed by atoms with Gasteiger partial charge in [0.05, 0.1) is 11.3 Å². The predicted molar refractivity (Wildman–Crippen MR) is 110 cm³/mol. The van der Waals surface area contributed by atoms with Crippen LogP contribution in [0.15, 0.2) is 23.4 Å². The van der Waals surface area contributed by atoms with Crippen LogP contribution in [0.5, 0.6) is 0 Å². The van der Waals surface area contributed by atoms with E-state index < -0.39 is 5.82 Å². The molecule has 2 heterocycles. The van der Waals surface area contributed by atoms with Gasteiger partial charge in [0.1, 0.15) is 5.82 Å². The highest BCUT2D eigenvalue weighted by Crippen LogP contribution is 2.41. The number of hydrogen-bond donors (Lipinski definition) is 1. The number of benzene rings is 1. The van der Waals surface area contributed by atoms with Crippen molar-refractivity contribution in [2.24, 2.45) is 0 Å². The van der Waals surface area contributed by atoms with Crippen molar-refractivity contribution in [3.05, 3.63) is 29.6 Å². The van der Waals surface area contributed by atoms with Gasteiger partial charge < -0.3 is 10.2 Å². The highest BCUT2D eigenvalue weighted by molar-refractivity contribution is 7.99. The second-order valence-electron chi connectivity index (χ2n) is 7.52. The Labute approximate surface area is 173 Å². The Bertz CT molecular complexity index is 922. The zero-order valence-corrected chi connectivity index (χ0v) is 17.2. The molecule has 4 rings (SSSR count). The average molecular weight is 418 g/mol. The molecular weight excluding hydrogens is 393 g/mol. The summed E-state index contributed by atoms with van der Waals surface area (Å²) >= 11 is 1.30. The van der Waals surface area contributed by atoms with Gasteiger partial charge in [-0.1, -0.05) is 11.8 Å². The maximum absolute atomic E-state index is 14.3. The lowest BCUT2D eigenvalue weighted by Gasteiger charge is -2.27. The minimum Gasteiger partial charge on any atom is -0.341 e. The predicted octanol–water partition coefficient (Wildman–Crippen LogP) is 3.68. The largest absolute Gasteiger partial charge is 0.341 e. The van der Waals surface area contributed by atoms with E-state index in [1.54, 1.807) is 0 Å². The lowest BCUT2D eigenvalue weighted by molar-refractivity contribution is -0.114.